The number of anilines is 1. The minimum Gasteiger partial charge on any atom is -0.504 e. The summed E-state index contributed by atoms with van der Waals surface area (Å²) in [6, 6.07) is 14.1. The highest BCUT2D eigenvalue weighted by Gasteiger charge is 2.20. The summed E-state index contributed by atoms with van der Waals surface area (Å²) < 4.78 is 31.3. The quantitative estimate of drug-likeness (QED) is 0.165. The van der Waals surface area contributed by atoms with Gasteiger partial charge in [0.15, 0.2) is 15.6 Å². The van der Waals surface area contributed by atoms with Gasteiger partial charge < -0.3 is 15.2 Å². The first kappa shape index (κ1) is 32.1. The van der Waals surface area contributed by atoms with Gasteiger partial charge in [0, 0.05) is 21.4 Å². The van der Waals surface area contributed by atoms with Crippen LogP contribution in [-0.2, 0) is 28.3 Å². The molecule has 0 spiro atoms. The molecular formula is C30H29Cl3N2O5S2. The number of ether oxygens (including phenoxy) is 1. The average molecular weight is 668 g/mol. The maximum absolute atomic E-state index is 13.1. The lowest BCUT2D eigenvalue weighted by Crippen LogP contribution is -2.13. The number of hydrogen-bond donors (Lipinski definition) is 2. The maximum atomic E-state index is 13.1. The van der Waals surface area contributed by atoms with E-state index in [9.17, 15) is 18.3 Å². The smallest absolute Gasteiger partial charge is 0.255 e. The van der Waals surface area contributed by atoms with Gasteiger partial charge in [0.2, 0.25) is 0 Å². The van der Waals surface area contributed by atoms with Crippen molar-refractivity contribution in [1.29, 1.82) is 0 Å². The number of halogens is 3. The summed E-state index contributed by atoms with van der Waals surface area (Å²) in [5.41, 5.74) is 1.76. The van der Waals surface area contributed by atoms with Crippen molar-refractivity contribution >= 4 is 67.6 Å². The first-order valence-electron chi connectivity index (χ1n) is 12.9. The van der Waals surface area contributed by atoms with Gasteiger partial charge in [-0.2, -0.15) is 0 Å². The molecule has 4 rings (SSSR count). The van der Waals surface area contributed by atoms with Crippen molar-refractivity contribution in [2.24, 2.45) is 0 Å². The van der Waals surface area contributed by atoms with Crippen LogP contribution in [0.5, 0.6) is 11.5 Å². The van der Waals surface area contributed by atoms with Crippen LogP contribution >= 0.6 is 46.1 Å². The lowest BCUT2D eigenvalue weighted by Gasteiger charge is -2.14. The predicted molar refractivity (Wildman–Crippen MR) is 169 cm³/mol. The summed E-state index contributed by atoms with van der Waals surface area (Å²) in [6.45, 7) is 6.54. The van der Waals surface area contributed by atoms with Crippen LogP contribution in [0.1, 0.15) is 53.8 Å². The summed E-state index contributed by atoms with van der Waals surface area (Å²) in [7, 11) is -3.54. The van der Waals surface area contributed by atoms with Crippen LogP contribution < -0.4 is 10.1 Å². The second-order valence-electron chi connectivity index (χ2n) is 10.6. The van der Waals surface area contributed by atoms with Gasteiger partial charge in [-0.1, -0.05) is 61.6 Å². The van der Waals surface area contributed by atoms with Crippen LogP contribution in [-0.4, -0.2) is 30.2 Å². The van der Waals surface area contributed by atoms with Gasteiger partial charge in [-0.05, 0) is 66.9 Å². The van der Waals surface area contributed by atoms with Crippen LogP contribution in [0.3, 0.4) is 0 Å². The molecule has 0 aliphatic heterocycles. The van der Waals surface area contributed by atoms with Gasteiger partial charge in [-0.3, -0.25) is 4.79 Å². The number of aromatic nitrogens is 1. The van der Waals surface area contributed by atoms with E-state index >= 15 is 0 Å². The number of amides is 1. The van der Waals surface area contributed by atoms with E-state index in [1.54, 1.807) is 24.3 Å². The third-order valence-corrected chi connectivity index (χ3v) is 10.1. The molecule has 42 heavy (non-hydrogen) atoms. The van der Waals surface area contributed by atoms with Crippen LogP contribution in [0.15, 0.2) is 64.9 Å². The fourth-order valence-corrected chi connectivity index (χ4v) is 6.78. The molecule has 7 nitrogen and oxygen atoms in total. The van der Waals surface area contributed by atoms with Crippen molar-refractivity contribution in [3.63, 3.8) is 0 Å². The standard InChI is InChI=1S/C30H29Cl3N2O5S2/c1-30(2,3)24-17-41-25(35-24)16-40-21-8-4-6-19(14-21)29(37)34-23-15-18(26(32)27(33)28(23)36)7-5-13-42(38,39)22-11-9-20(31)10-12-22/h4,6,8-12,14-15,17,36H,5,7,13,16H2,1-3H3,(H,34,37). The molecule has 1 heterocycles. The zero-order chi connectivity index (χ0) is 30.7. The van der Waals surface area contributed by atoms with E-state index in [-0.39, 0.29) is 51.2 Å². The highest BCUT2D eigenvalue weighted by Crippen LogP contribution is 2.41. The molecule has 0 radical (unpaired) electrons. The normalized spacial score (nSPS) is 11.9. The Morgan fingerprint density at radius 3 is 2.43 bits per heavy atom. The number of aryl methyl sites for hydroxylation is 1. The van der Waals surface area contributed by atoms with Crippen LogP contribution in [0.25, 0.3) is 0 Å². The molecule has 0 aliphatic carbocycles. The number of nitrogens with zero attached hydrogens (tertiary/aromatic N) is 1. The summed E-state index contributed by atoms with van der Waals surface area (Å²) >= 11 is 20.0. The van der Waals surface area contributed by atoms with Gasteiger partial charge in [0.05, 0.1) is 27.1 Å². The molecular weight excluding hydrogens is 639 g/mol. The minimum absolute atomic E-state index is 0.0498. The van der Waals surface area contributed by atoms with Gasteiger partial charge in [-0.15, -0.1) is 11.3 Å². The molecule has 0 aliphatic rings. The summed E-state index contributed by atoms with van der Waals surface area (Å²) in [5, 5.41) is 16.5. The second kappa shape index (κ2) is 13.2. The fraction of sp³-hybridized carbons (Fsp3) is 0.267. The number of benzene rings is 3. The molecule has 2 N–H and O–H groups in total. The number of carbonyl (C=O) groups excluding carboxylic acids is 1. The Labute approximate surface area is 264 Å². The molecule has 222 valence electrons. The third kappa shape index (κ3) is 7.96. The number of rotatable bonds is 10. The van der Waals surface area contributed by atoms with Crippen molar-refractivity contribution in [1.82, 2.24) is 4.98 Å². The number of hydrogen-bond acceptors (Lipinski definition) is 7. The van der Waals surface area contributed by atoms with Crippen molar-refractivity contribution in [3.05, 3.63) is 96.9 Å². The Bertz CT molecular complexity index is 1700. The largest absolute Gasteiger partial charge is 0.504 e. The molecule has 12 heteroatoms. The van der Waals surface area contributed by atoms with Crippen LogP contribution in [0.4, 0.5) is 5.69 Å². The summed E-state index contributed by atoms with van der Waals surface area (Å²) in [5.74, 6) is -0.555. The van der Waals surface area contributed by atoms with Gasteiger partial charge in [0.25, 0.3) is 5.91 Å². The minimum atomic E-state index is -3.54. The lowest BCUT2D eigenvalue weighted by atomic mass is 9.93. The zero-order valence-corrected chi connectivity index (χ0v) is 27.0. The molecule has 1 aromatic heterocycles. The van der Waals surface area contributed by atoms with Crippen molar-refractivity contribution in [2.75, 3.05) is 11.1 Å². The molecule has 0 bridgehead atoms. The topological polar surface area (TPSA) is 106 Å². The van der Waals surface area contributed by atoms with E-state index < -0.39 is 21.5 Å². The Morgan fingerprint density at radius 2 is 1.76 bits per heavy atom. The van der Waals surface area contributed by atoms with Crippen molar-refractivity contribution in [2.45, 2.75) is 50.5 Å². The Kier molecular flexibility index (Phi) is 10.1. The van der Waals surface area contributed by atoms with Gasteiger partial charge >= 0.3 is 0 Å². The summed E-state index contributed by atoms with van der Waals surface area (Å²) in [6.07, 6.45) is 0.473. The van der Waals surface area contributed by atoms with E-state index in [2.05, 4.69) is 31.1 Å². The second-order valence-corrected chi connectivity index (χ2v) is 14.8. The number of phenolic OH excluding ortho intramolecular Hbond substituents is 1. The number of phenols is 1. The third-order valence-electron chi connectivity index (χ3n) is 6.32. The first-order chi connectivity index (χ1) is 19.7. The Morgan fingerprint density at radius 1 is 1.05 bits per heavy atom. The van der Waals surface area contributed by atoms with E-state index in [4.69, 9.17) is 39.5 Å². The van der Waals surface area contributed by atoms with E-state index in [1.807, 2.05) is 5.38 Å². The Balaban J connectivity index is 1.43. The molecule has 1 amide bonds. The van der Waals surface area contributed by atoms with Crippen molar-refractivity contribution < 1.29 is 23.1 Å². The monoisotopic (exact) mass is 666 g/mol. The SMILES string of the molecule is CC(C)(C)c1csc(COc2cccc(C(=O)Nc3cc(CCCS(=O)(=O)c4ccc(Cl)cc4)c(Cl)c(Cl)c3O)c2)n1. The molecule has 0 saturated carbocycles. The average Bonchev–Trinajstić information content (AvgIpc) is 3.43. The number of thiazole rings is 1. The van der Waals surface area contributed by atoms with E-state index in [0.29, 0.717) is 21.9 Å². The number of aromatic hydroxyl groups is 1. The van der Waals surface area contributed by atoms with Crippen molar-refractivity contribution in [3.8, 4) is 11.5 Å². The summed E-state index contributed by atoms with van der Waals surface area (Å²) in [4.78, 5) is 17.9. The fourth-order valence-electron chi connectivity index (χ4n) is 3.95. The Hall–Kier alpha value is -2.82. The van der Waals surface area contributed by atoms with E-state index in [1.165, 1.54) is 41.7 Å². The molecule has 0 saturated heterocycles. The molecule has 0 unspecified atom stereocenters. The van der Waals surface area contributed by atoms with Crippen LogP contribution in [0.2, 0.25) is 15.1 Å². The van der Waals surface area contributed by atoms with Gasteiger partial charge in [0.1, 0.15) is 22.4 Å². The molecule has 4 aromatic rings. The lowest BCUT2D eigenvalue weighted by molar-refractivity contribution is 0.102. The first-order valence-corrected chi connectivity index (χ1v) is 16.6. The van der Waals surface area contributed by atoms with Crippen LogP contribution in [0, 0.1) is 0 Å². The number of nitrogens with one attached hydrogen (secondary N) is 1. The molecule has 0 fully saturated rings. The highest BCUT2D eigenvalue weighted by molar-refractivity contribution is 7.91. The highest BCUT2D eigenvalue weighted by atomic mass is 35.5. The zero-order valence-electron chi connectivity index (χ0n) is 23.1. The molecule has 0 atom stereocenters. The van der Waals surface area contributed by atoms with Gasteiger partial charge in [-0.25, -0.2) is 13.4 Å². The molecule has 3 aromatic carbocycles. The van der Waals surface area contributed by atoms with E-state index in [0.717, 1.165) is 10.7 Å². The number of carbonyl (C=O) groups is 1. The number of sulfone groups is 1. The predicted octanol–water partition coefficient (Wildman–Crippen LogP) is 8.34. The maximum Gasteiger partial charge on any atom is 0.255 e.